The van der Waals surface area contributed by atoms with Gasteiger partial charge in [-0.2, -0.15) is 0 Å². The molecule has 0 fully saturated rings. The summed E-state index contributed by atoms with van der Waals surface area (Å²) in [5, 5.41) is 20.9. The molecule has 0 heterocycles. The van der Waals surface area contributed by atoms with E-state index in [0.717, 1.165) is 11.1 Å². The van der Waals surface area contributed by atoms with Crippen molar-refractivity contribution in [3.63, 3.8) is 0 Å². The predicted molar refractivity (Wildman–Crippen MR) is 76.1 cm³/mol. The van der Waals surface area contributed by atoms with Gasteiger partial charge < -0.3 is 20.8 Å². The number of hydrogen-bond acceptors (Lipinski definition) is 4. The number of benzene rings is 2. The number of hydrogen-bond donors (Lipinski definition) is 3. The van der Waals surface area contributed by atoms with Gasteiger partial charge in [0.15, 0.2) is 5.84 Å². The first-order chi connectivity index (χ1) is 9.60. The molecule has 0 atom stereocenters. The predicted octanol–water partition coefficient (Wildman–Crippen LogP) is 2.37. The Morgan fingerprint density at radius 2 is 1.90 bits per heavy atom. The molecule has 0 unspecified atom stereocenters. The van der Waals surface area contributed by atoms with Crippen molar-refractivity contribution in [1.82, 2.24) is 0 Å². The number of phenols is 1. The molecule has 2 aromatic carbocycles. The van der Waals surface area contributed by atoms with Crippen molar-refractivity contribution in [2.24, 2.45) is 10.9 Å². The molecule has 0 aromatic heterocycles. The Balaban J connectivity index is 2.14. The molecule has 0 bridgehead atoms. The molecule has 0 radical (unpaired) electrons. The second-order valence-corrected chi connectivity index (χ2v) is 4.42. The van der Waals surface area contributed by atoms with Gasteiger partial charge in [0.1, 0.15) is 18.1 Å². The molecular weight excluding hydrogens is 256 g/mol. The Bertz CT molecular complexity index is 622. The first-order valence-electron chi connectivity index (χ1n) is 6.09. The van der Waals surface area contributed by atoms with Crippen LogP contribution in [0.25, 0.3) is 0 Å². The number of phenolic OH excluding ortho intramolecular Hbond substituents is 1. The lowest BCUT2D eigenvalue weighted by molar-refractivity contribution is 0.303. The van der Waals surface area contributed by atoms with Crippen molar-refractivity contribution >= 4 is 5.84 Å². The van der Waals surface area contributed by atoms with E-state index in [2.05, 4.69) is 5.16 Å². The van der Waals surface area contributed by atoms with Crippen LogP contribution in [0.5, 0.6) is 11.5 Å². The number of aryl methyl sites for hydroxylation is 1. The van der Waals surface area contributed by atoms with E-state index in [1.54, 1.807) is 36.4 Å². The fourth-order valence-corrected chi connectivity index (χ4v) is 1.73. The van der Waals surface area contributed by atoms with E-state index in [1.807, 2.05) is 13.0 Å². The second kappa shape index (κ2) is 5.97. The number of nitrogens with two attached hydrogens (primary N) is 1. The molecule has 104 valence electrons. The zero-order valence-electron chi connectivity index (χ0n) is 11.1. The molecule has 0 amide bonds. The van der Waals surface area contributed by atoms with E-state index in [-0.39, 0.29) is 11.6 Å². The Morgan fingerprint density at radius 1 is 1.20 bits per heavy atom. The summed E-state index contributed by atoms with van der Waals surface area (Å²) in [6.07, 6.45) is 0. The summed E-state index contributed by atoms with van der Waals surface area (Å²) in [6.45, 7) is 2.29. The van der Waals surface area contributed by atoms with Crippen molar-refractivity contribution in [3.05, 3.63) is 59.2 Å². The van der Waals surface area contributed by atoms with Gasteiger partial charge in [0, 0.05) is 5.56 Å². The van der Waals surface area contributed by atoms with Gasteiger partial charge in [-0.05, 0) is 36.2 Å². The van der Waals surface area contributed by atoms with E-state index in [1.165, 1.54) is 0 Å². The Morgan fingerprint density at radius 3 is 2.55 bits per heavy atom. The van der Waals surface area contributed by atoms with Gasteiger partial charge in [-0.3, -0.25) is 0 Å². The Hall–Kier alpha value is -2.69. The van der Waals surface area contributed by atoms with Crippen molar-refractivity contribution in [3.8, 4) is 11.5 Å². The summed E-state index contributed by atoms with van der Waals surface area (Å²) in [4.78, 5) is 0. The number of aromatic hydroxyl groups is 1. The second-order valence-electron chi connectivity index (χ2n) is 4.42. The third-order valence-corrected chi connectivity index (χ3v) is 2.92. The highest BCUT2D eigenvalue weighted by Gasteiger charge is 2.05. The zero-order chi connectivity index (χ0) is 14.5. The Labute approximate surface area is 116 Å². The number of rotatable bonds is 4. The minimum absolute atomic E-state index is 0.0412. The van der Waals surface area contributed by atoms with E-state index >= 15 is 0 Å². The average molecular weight is 272 g/mol. The summed E-state index contributed by atoms with van der Waals surface area (Å²) in [6, 6.07) is 12.1. The topological polar surface area (TPSA) is 88.1 Å². The lowest BCUT2D eigenvalue weighted by atomic mass is 10.1. The Kier molecular flexibility index (Phi) is 4.10. The van der Waals surface area contributed by atoms with Crippen LogP contribution in [0, 0.1) is 6.92 Å². The minimum Gasteiger partial charge on any atom is -0.508 e. The third-order valence-electron chi connectivity index (χ3n) is 2.92. The van der Waals surface area contributed by atoms with Crippen LogP contribution < -0.4 is 10.5 Å². The van der Waals surface area contributed by atoms with E-state index in [4.69, 9.17) is 15.7 Å². The first kappa shape index (κ1) is 13.7. The summed E-state index contributed by atoms with van der Waals surface area (Å²) < 4.78 is 5.72. The van der Waals surface area contributed by atoms with Gasteiger partial charge in [-0.15, -0.1) is 0 Å². The number of nitrogens with zero attached hydrogens (tertiary/aromatic N) is 1. The maximum atomic E-state index is 9.22. The van der Waals surface area contributed by atoms with Gasteiger partial charge >= 0.3 is 0 Å². The van der Waals surface area contributed by atoms with Crippen LogP contribution >= 0.6 is 0 Å². The monoisotopic (exact) mass is 272 g/mol. The standard InChI is InChI=1S/C15H16N2O3/c1-10-2-5-12(15(16)17-19)8-14(10)20-9-11-3-6-13(18)7-4-11/h2-8,18-19H,9H2,1H3,(H2,16,17). The quantitative estimate of drug-likeness (QED) is 0.345. The molecule has 20 heavy (non-hydrogen) atoms. The highest BCUT2D eigenvalue weighted by atomic mass is 16.5. The van der Waals surface area contributed by atoms with E-state index in [0.29, 0.717) is 17.9 Å². The third kappa shape index (κ3) is 3.20. The van der Waals surface area contributed by atoms with Gasteiger partial charge in [-0.25, -0.2) is 0 Å². The van der Waals surface area contributed by atoms with Crippen LogP contribution in [0.4, 0.5) is 0 Å². The molecule has 0 saturated heterocycles. The number of amidine groups is 1. The van der Waals surface area contributed by atoms with Crippen molar-refractivity contribution in [2.45, 2.75) is 13.5 Å². The lowest BCUT2D eigenvalue weighted by Gasteiger charge is -2.11. The van der Waals surface area contributed by atoms with Crippen LogP contribution in [0.1, 0.15) is 16.7 Å². The average Bonchev–Trinajstić information content (AvgIpc) is 2.47. The fraction of sp³-hybridized carbons (Fsp3) is 0.133. The van der Waals surface area contributed by atoms with Gasteiger partial charge in [0.25, 0.3) is 0 Å². The number of oxime groups is 1. The van der Waals surface area contributed by atoms with Crippen molar-refractivity contribution in [1.29, 1.82) is 0 Å². The molecule has 0 aliphatic rings. The molecule has 2 rings (SSSR count). The lowest BCUT2D eigenvalue weighted by Crippen LogP contribution is -2.13. The maximum absolute atomic E-state index is 9.22. The molecule has 0 aliphatic carbocycles. The van der Waals surface area contributed by atoms with Gasteiger partial charge in [0.05, 0.1) is 0 Å². The SMILES string of the molecule is Cc1ccc(/C(N)=N/O)cc1OCc1ccc(O)cc1. The van der Waals surface area contributed by atoms with Crippen LogP contribution in [-0.4, -0.2) is 16.1 Å². The molecule has 0 spiro atoms. The first-order valence-corrected chi connectivity index (χ1v) is 6.09. The molecule has 4 N–H and O–H groups in total. The van der Waals surface area contributed by atoms with Crippen LogP contribution in [-0.2, 0) is 6.61 Å². The molecule has 5 heteroatoms. The maximum Gasteiger partial charge on any atom is 0.170 e. The molecular formula is C15H16N2O3. The van der Waals surface area contributed by atoms with Crippen LogP contribution in [0.2, 0.25) is 0 Å². The molecule has 2 aromatic rings. The fourth-order valence-electron chi connectivity index (χ4n) is 1.73. The van der Waals surface area contributed by atoms with Crippen LogP contribution in [0.15, 0.2) is 47.6 Å². The van der Waals surface area contributed by atoms with Gasteiger partial charge in [-0.1, -0.05) is 29.4 Å². The number of ether oxygens (including phenoxy) is 1. The molecule has 0 saturated carbocycles. The minimum atomic E-state index is 0.0412. The van der Waals surface area contributed by atoms with Crippen molar-refractivity contribution in [2.75, 3.05) is 0 Å². The van der Waals surface area contributed by atoms with Crippen molar-refractivity contribution < 1.29 is 15.1 Å². The van der Waals surface area contributed by atoms with E-state index < -0.39 is 0 Å². The molecule has 5 nitrogen and oxygen atoms in total. The largest absolute Gasteiger partial charge is 0.508 e. The summed E-state index contributed by atoms with van der Waals surface area (Å²) in [5.74, 6) is 0.931. The smallest absolute Gasteiger partial charge is 0.170 e. The normalized spacial score (nSPS) is 11.3. The highest BCUT2D eigenvalue weighted by molar-refractivity contribution is 5.97. The summed E-state index contributed by atoms with van der Waals surface area (Å²) in [7, 11) is 0. The summed E-state index contributed by atoms with van der Waals surface area (Å²) in [5.41, 5.74) is 8.05. The van der Waals surface area contributed by atoms with E-state index in [9.17, 15) is 5.11 Å². The summed E-state index contributed by atoms with van der Waals surface area (Å²) >= 11 is 0. The highest BCUT2D eigenvalue weighted by Crippen LogP contribution is 2.21. The van der Waals surface area contributed by atoms with Crippen LogP contribution in [0.3, 0.4) is 0 Å². The van der Waals surface area contributed by atoms with Gasteiger partial charge in [0.2, 0.25) is 0 Å². The zero-order valence-corrected chi connectivity index (χ0v) is 11.1. The molecule has 0 aliphatic heterocycles.